The lowest BCUT2D eigenvalue weighted by Gasteiger charge is -2.26. The second kappa shape index (κ2) is 6.71. The normalized spacial score (nSPS) is 19.5. The molecule has 0 radical (unpaired) electrons. The zero-order chi connectivity index (χ0) is 17.3. The van der Waals surface area contributed by atoms with E-state index in [1.165, 1.54) is 5.56 Å². The van der Waals surface area contributed by atoms with Crippen LogP contribution in [-0.4, -0.2) is 48.1 Å². The average Bonchev–Trinajstić information content (AvgIpc) is 2.79. The van der Waals surface area contributed by atoms with E-state index in [-0.39, 0.29) is 11.9 Å². The molecule has 5 nitrogen and oxygen atoms in total. The van der Waals surface area contributed by atoms with Gasteiger partial charge in [0.1, 0.15) is 0 Å². The maximum Gasteiger partial charge on any atom is 0.307 e. The van der Waals surface area contributed by atoms with Crippen molar-refractivity contribution in [3.05, 3.63) is 28.8 Å². The number of nitrogens with zero attached hydrogens (tertiary/aromatic N) is 2. The van der Waals surface area contributed by atoms with Gasteiger partial charge in [-0.1, -0.05) is 24.6 Å². The lowest BCUT2D eigenvalue weighted by molar-refractivity contribution is -0.142. The second-order valence-corrected chi connectivity index (χ2v) is 6.72. The quantitative estimate of drug-likeness (QED) is 0.905. The highest BCUT2D eigenvalue weighted by molar-refractivity contribution is 6.00. The van der Waals surface area contributed by atoms with Crippen LogP contribution in [0.2, 0.25) is 0 Å². The van der Waals surface area contributed by atoms with Gasteiger partial charge in [-0.2, -0.15) is 0 Å². The molecule has 23 heavy (non-hydrogen) atoms. The predicted molar refractivity (Wildman–Crippen MR) is 90.8 cm³/mol. The first-order chi connectivity index (χ1) is 10.7. The molecule has 1 saturated heterocycles. The first kappa shape index (κ1) is 17.5. The van der Waals surface area contributed by atoms with Crippen molar-refractivity contribution in [1.29, 1.82) is 0 Å². The van der Waals surface area contributed by atoms with Gasteiger partial charge in [-0.05, 0) is 45.4 Å². The van der Waals surface area contributed by atoms with E-state index in [1.54, 1.807) is 6.92 Å². The number of carbonyl (C=O) groups excluding carboxylic acids is 1. The SMILES string of the molecule is Cc1cc(C)c(N2CCC(N(C)CC(C)C(=O)O)C2=O)c(C)c1. The molecule has 1 amide bonds. The Labute approximate surface area is 137 Å². The summed E-state index contributed by atoms with van der Waals surface area (Å²) in [6.45, 7) is 8.85. The summed E-state index contributed by atoms with van der Waals surface area (Å²) in [4.78, 5) is 27.6. The van der Waals surface area contributed by atoms with Crippen molar-refractivity contribution in [1.82, 2.24) is 4.90 Å². The highest BCUT2D eigenvalue weighted by atomic mass is 16.4. The van der Waals surface area contributed by atoms with Gasteiger partial charge in [-0.25, -0.2) is 0 Å². The molecule has 126 valence electrons. The third-order valence-corrected chi connectivity index (χ3v) is 4.60. The van der Waals surface area contributed by atoms with E-state index in [2.05, 4.69) is 19.1 Å². The minimum Gasteiger partial charge on any atom is -0.481 e. The van der Waals surface area contributed by atoms with E-state index < -0.39 is 11.9 Å². The van der Waals surface area contributed by atoms with Crippen LogP contribution in [0.3, 0.4) is 0 Å². The minimum atomic E-state index is -0.829. The van der Waals surface area contributed by atoms with Crippen molar-refractivity contribution < 1.29 is 14.7 Å². The summed E-state index contributed by atoms with van der Waals surface area (Å²) in [5.41, 5.74) is 4.42. The zero-order valence-corrected chi connectivity index (χ0v) is 14.6. The van der Waals surface area contributed by atoms with Crippen LogP contribution in [0.25, 0.3) is 0 Å². The fraction of sp³-hybridized carbons (Fsp3) is 0.556. The molecule has 1 aromatic carbocycles. The van der Waals surface area contributed by atoms with E-state index in [4.69, 9.17) is 5.11 Å². The van der Waals surface area contributed by atoms with E-state index in [0.717, 1.165) is 23.2 Å². The Kier molecular flexibility index (Phi) is 5.09. The Morgan fingerprint density at radius 2 is 1.91 bits per heavy atom. The maximum absolute atomic E-state index is 12.8. The van der Waals surface area contributed by atoms with Crippen LogP contribution < -0.4 is 4.90 Å². The largest absolute Gasteiger partial charge is 0.481 e. The summed E-state index contributed by atoms with van der Waals surface area (Å²) in [5.74, 6) is -1.24. The molecule has 5 heteroatoms. The summed E-state index contributed by atoms with van der Waals surface area (Å²) < 4.78 is 0. The second-order valence-electron chi connectivity index (χ2n) is 6.72. The zero-order valence-electron chi connectivity index (χ0n) is 14.6. The Morgan fingerprint density at radius 1 is 1.35 bits per heavy atom. The van der Waals surface area contributed by atoms with Gasteiger partial charge < -0.3 is 10.0 Å². The Bertz CT molecular complexity index is 604. The molecule has 0 saturated carbocycles. The van der Waals surface area contributed by atoms with Gasteiger partial charge in [0.15, 0.2) is 0 Å². The van der Waals surface area contributed by atoms with Crippen LogP contribution >= 0.6 is 0 Å². The highest BCUT2D eigenvalue weighted by Crippen LogP contribution is 2.31. The Morgan fingerprint density at radius 3 is 2.43 bits per heavy atom. The number of carboxylic acid groups (broad SMARTS) is 1. The van der Waals surface area contributed by atoms with Gasteiger partial charge in [0, 0.05) is 18.8 Å². The van der Waals surface area contributed by atoms with Crippen molar-refractivity contribution in [3.63, 3.8) is 0 Å². The molecule has 1 aromatic rings. The number of rotatable bonds is 5. The fourth-order valence-electron chi connectivity index (χ4n) is 3.53. The van der Waals surface area contributed by atoms with Gasteiger partial charge in [0.05, 0.1) is 12.0 Å². The first-order valence-electron chi connectivity index (χ1n) is 8.04. The molecule has 0 aromatic heterocycles. The standard InChI is InChI=1S/C18H26N2O3/c1-11-8-12(2)16(13(3)9-11)20-7-6-15(17(20)21)19(5)10-14(4)18(22)23/h8-9,14-15H,6-7,10H2,1-5H3,(H,22,23). The first-order valence-corrected chi connectivity index (χ1v) is 8.04. The summed E-state index contributed by atoms with van der Waals surface area (Å²) in [6.07, 6.45) is 0.731. The molecule has 2 atom stereocenters. The third kappa shape index (κ3) is 3.55. The topological polar surface area (TPSA) is 60.9 Å². The number of aliphatic carboxylic acids is 1. The smallest absolute Gasteiger partial charge is 0.307 e. The maximum atomic E-state index is 12.8. The molecule has 1 aliphatic rings. The Balaban J connectivity index is 2.18. The Hall–Kier alpha value is -1.88. The molecule has 1 aliphatic heterocycles. The monoisotopic (exact) mass is 318 g/mol. The fourth-order valence-corrected chi connectivity index (χ4v) is 3.53. The van der Waals surface area contributed by atoms with Gasteiger partial charge in [-0.3, -0.25) is 14.5 Å². The summed E-state index contributed by atoms with van der Waals surface area (Å²) >= 11 is 0. The number of anilines is 1. The van der Waals surface area contributed by atoms with Crippen LogP contribution in [0.4, 0.5) is 5.69 Å². The van der Waals surface area contributed by atoms with E-state index >= 15 is 0 Å². The number of hydrogen-bond donors (Lipinski definition) is 1. The van der Waals surface area contributed by atoms with Gasteiger partial charge in [-0.15, -0.1) is 0 Å². The molecule has 0 aliphatic carbocycles. The van der Waals surface area contributed by atoms with Crippen molar-refractivity contribution in [3.8, 4) is 0 Å². The van der Waals surface area contributed by atoms with Crippen LogP contribution in [-0.2, 0) is 9.59 Å². The number of hydrogen-bond acceptors (Lipinski definition) is 3. The predicted octanol–water partition coefficient (Wildman–Crippen LogP) is 2.37. The molecule has 2 rings (SSSR count). The number of carboxylic acids is 1. The molecule has 2 unspecified atom stereocenters. The van der Waals surface area contributed by atoms with Gasteiger partial charge in [0.2, 0.25) is 5.91 Å². The molecule has 1 N–H and O–H groups in total. The summed E-state index contributed by atoms with van der Waals surface area (Å²) in [6, 6.07) is 3.95. The number of likely N-dealkylation sites (N-methyl/N-ethyl adjacent to an activating group) is 1. The van der Waals surface area contributed by atoms with Crippen LogP contribution in [0, 0.1) is 26.7 Å². The van der Waals surface area contributed by atoms with Crippen molar-refractivity contribution >= 4 is 17.6 Å². The molecule has 1 heterocycles. The van der Waals surface area contributed by atoms with Crippen molar-refractivity contribution in [2.75, 3.05) is 25.0 Å². The van der Waals surface area contributed by atoms with Crippen molar-refractivity contribution in [2.45, 2.75) is 40.2 Å². The third-order valence-electron chi connectivity index (χ3n) is 4.60. The molecular formula is C18H26N2O3. The summed E-state index contributed by atoms with van der Waals surface area (Å²) in [5, 5.41) is 9.05. The molecular weight excluding hydrogens is 292 g/mol. The average molecular weight is 318 g/mol. The van der Waals surface area contributed by atoms with E-state index in [9.17, 15) is 9.59 Å². The number of amides is 1. The lowest BCUT2D eigenvalue weighted by atomic mass is 10.0. The van der Waals surface area contributed by atoms with Gasteiger partial charge >= 0.3 is 5.97 Å². The minimum absolute atomic E-state index is 0.0696. The highest BCUT2D eigenvalue weighted by Gasteiger charge is 2.37. The summed E-state index contributed by atoms with van der Waals surface area (Å²) in [7, 11) is 1.83. The van der Waals surface area contributed by atoms with Crippen molar-refractivity contribution in [2.24, 2.45) is 5.92 Å². The number of benzene rings is 1. The number of carbonyl (C=O) groups is 2. The number of aryl methyl sites for hydroxylation is 3. The molecule has 0 spiro atoms. The van der Waals surface area contributed by atoms with Crippen LogP contribution in [0.1, 0.15) is 30.0 Å². The van der Waals surface area contributed by atoms with E-state index in [0.29, 0.717) is 13.1 Å². The molecule has 1 fully saturated rings. The van der Waals surface area contributed by atoms with Gasteiger partial charge in [0.25, 0.3) is 0 Å². The van der Waals surface area contributed by atoms with Crippen LogP contribution in [0.15, 0.2) is 12.1 Å². The molecule has 0 bridgehead atoms. The lowest BCUT2D eigenvalue weighted by Crippen LogP contribution is -2.42. The van der Waals surface area contributed by atoms with Crippen LogP contribution in [0.5, 0.6) is 0 Å². The van der Waals surface area contributed by atoms with E-state index in [1.807, 2.05) is 30.7 Å².